The maximum absolute atomic E-state index is 11.2. The number of hydrogen-bond acceptors (Lipinski definition) is 3. The number of aryl methyl sites for hydroxylation is 1. The molecule has 0 radical (unpaired) electrons. The average Bonchev–Trinajstić information content (AvgIpc) is 2.66. The van der Waals surface area contributed by atoms with Crippen molar-refractivity contribution >= 4 is 33.2 Å². The molecule has 0 aliphatic rings. The summed E-state index contributed by atoms with van der Waals surface area (Å²) in [5, 5.41) is 11.7. The third-order valence-electron chi connectivity index (χ3n) is 2.24. The number of nitrogens with one attached hydrogen (secondary N) is 1. The van der Waals surface area contributed by atoms with Crippen LogP contribution in [0.15, 0.2) is 10.5 Å². The maximum Gasteiger partial charge on any atom is 0.219 e. The zero-order chi connectivity index (χ0) is 12.7. The highest BCUT2D eigenvalue weighted by molar-refractivity contribution is 9.10. The van der Waals surface area contributed by atoms with Crippen molar-refractivity contribution in [2.24, 2.45) is 0 Å². The molecule has 1 rings (SSSR count). The lowest BCUT2D eigenvalue weighted by molar-refractivity contribution is -0.121. The van der Waals surface area contributed by atoms with E-state index < -0.39 is 0 Å². The van der Waals surface area contributed by atoms with Crippen LogP contribution in [0.25, 0.3) is 0 Å². The summed E-state index contributed by atoms with van der Waals surface area (Å²) in [6, 6.07) is 4.13. The van der Waals surface area contributed by atoms with Crippen LogP contribution in [0.3, 0.4) is 0 Å². The molecule has 17 heavy (non-hydrogen) atoms. The van der Waals surface area contributed by atoms with Crippen molar-refractivity contribution in [2.75, 3.05) is 6.54 Å². The van der Waals surface area contributed by atoms with Crippen LogP contribution in [-0.4, -0.2) is 12.5 Å². The quantitative estimate of drug-likeness (QED) is 0.819. The average molecular weight is 315 g/mol. The van der Waals surface area contributed by atoms with E-state index in [0.717, 1.165) is 28.6 Å². The van der Waals surface area contributed by atoms with Crippen molar-refractivity contribution in [1.82, 2.24) is 5.32 Å². The van der Waals surface area contributed by atoms with Gasteiger partial charge < -0.3 is 5.32 Å². The van der Waals surface area contributed by atoms with Crippen molar-refractivity contribution < 1.29 is 4.79 Å². The van der Waals surface area contributed by atoms with Crippen LogP contribution in [-0.2, 0) is 11.2 Å². The second kappa shape index (κ2) is 7.46. The molecule has 0 saturated heterocycles. The lowest BCUT2D eigenvalue weighted by Gasteiger charge is -2.02. The summed E-state index contributed by atoms with van der Waals surface area (Å²) in [6.45, 7) is 2.70. The Labute approximate surface area is 114 Å². The topological polar surface area (TPSA) is 52.9 Å². The molecule has 0 aliphatic carbocycles. The van der Waals surface area contributed by atoms with Gasteiger partial charge in [0.15, 0.2) is 0 Å². The molecule has 0 fully saturated rings. The van der Waals surface area contributed by atoms with E-state index in [1.807, 2.05) is 13.0 Å². The van der Waals surface area contributed by atoms with Gasteiger partial charge in [-0.15, -0.1) is 11.3 Å². The van der Waals surface area contributed by atoms with E-state index in [-0.39, 0.29) is 5.91 Å². The number of amides is 1. The fourth-order valence-electron chi connectivity index (χ4n) is 1.42. The number of nitrogens with zero attached hydrogens (tertiary/aromatic N) is 1. The van der Waals surface area contributed by atoms with E-state index in [2.05, 4.69) is 27.3 Å². The third kappa shape index (κ3) is 4.88. The van der Waals surface area contributed by atoms with E-state index in [1.54, 1.807) is 0 Å². The number of nitriles is 1. The maximum atomic E-state index is 11.2. The molecule has 1 amide bonds. The zero-order valence-corrected chi connectivity index (χ0v) is 12.2. The predicted octanol–water partition coefficient (Wildman–Crippen LogP) is 3.23. The highest BCUT2D eigenvalue weighted by Gasteiger charge is 2.06. The molecule has 1 N–H and O–H groups in total. The number of rotatable bonds is 6. The van der Waals surface area contributed by atoms with Crippen LogP contribution < -0.4 is 5.32 Å². The predicted molar refractivity (Wildman–Crippen MR) is 73.0 cm³/mol. The van der Waals surface area contributed by atoms with Gasteiger partial charge in [0.1, 0.15) is 10.9 Å². The normalized spacial score (nSPS) is 9.94. The second-order valence-corrected chi connectivity index (χ2v) is 5.70. The molecule has 0 aromatic carbocycles. The smallest absolute Gasteiger partial charge is 0.219 e. The lowest BCUT2D eigenvalue weighted by Crippen LogP contribution is -2.24. The third-order valence-corrected chi connectivity index (χ3v) is 4.23. The van der Waals surface area contributed by atoms with Crippen LogP contribution in [0.5, 0.6) is 0 Å². The van der Waals surface area contributed by atoms with Gasteiger partial charge >= 0.3 is 0 Å². The highest BCUT2D eigenvalue weighted by Crippen LogP contribution is 2.27. The van der Waals surface area contributed by atoms with Crippen molar-refractivity contribution in [3.8, 4) is 6.07 Å². The largest absolute Gasteiger partial charge is 0.356 e. The summed E-state index contributed by atoms with van der Waals surface area (Å²) in [5.74, 6) is 0.123. The number of halogens is 1. The minimum atomic E-state index is 0.123. The minimum Gasteiger partial charge on any atom is -0.356 e. The van der Waals surface area contributed by atoms with E-state index >= 15 is 0 Å². The Morgan fingerprint density at radius 3 is 3.00 bits per heavy atom. The van der Waals surface area contributed by atoms with Crippen LogP contribution in [0.4, 0.5) is 0 Å². The molecule has 1 aromatic rings. The van der Waals surface area contributed by atoms with Gasteiger partial charge in [-0.1, -0.05) is 6.92 Å². The van der Waals surface area contributed by atoms with E-state index in [9.17, 15) is 4.79 Å². The molecule has 1 aromatic heterocycles. The summed E-state index contributed by atoms with van der Waals surface area (Å²) in [6.07, 6.45) is 3.29. The van der Waals surface area contributed by atoms with E-state index in [4.69, 9.17) is 5.26 Å². The van der Waals surface area contributed by atoms with Gasteiger partial charge in [-0.25, -0.2) is 0 Å². The van der Waals surface area contributed by atoms with Gasteiger partial charge in [0.05, 0.1) is 0 Å². The van der Waals surface area contributed by atoms with Crippen molar-refractivity contribution in [3.05, 3.63) is 20.3 Å². The van der Waals surface area contributed by atoms with Crippen molar-refractivity contribution in [3.63, 3.8) is 0 Å². The fourth-order valence-corrected chi connectivity index (χ4v) is 3.07. The molecular weight excluding hydrogens is 300 g/mol. The Hall–Kier alpha value is -0.860. The molecule has 92 valence electrons. The zero-order valence-electron chi connectivity index (χ0n) is 9.75. The molecule has 0 atom stereocenters. The first-order valence-electron chi connectivity index (χ1n) is 5.62. The first-order valence-corrected chi connectivity index (χ1v) is 7.23. The Bertz CT molecular complexity index is 423. The first kappa shape index (κ1) is 14.2. The summed E-state index contributed by atoms with van der Waals surface area (Å²) < 4.78 is 0.870. The number of thiophene rings is 1. The Morgan fingerprint density at radius 2 is 2.41 bits per heavy atom. The summed E-state index contributed by atoms with van der Waals surface area (Å²) >= 11 is 4.86. The number of carbonyl (C=O) groups is 1. The highest BCUT2D eigenvalue weighted by atomic mass is 79.9. The molecule has 0 bridgehead atoms. The minimum absolute atomic E-state index is 0.123. The molecule has 0 spiro atoms. The number of hydrogen-bond donors (Lipinski definition) is 1. The number of carbonyl (C=O) groups excluding carboxylic acids is 1. The molecular formula is C12H15BrN2OS. The van der Waals surface area contributed by atoms with E-state index in [1.165, 1.54) is 16.2 Å². The van der Waals surface area contributed by atoms with Gasteiger partial charge in [0.25, 0.3) is 0 Å². The molecule has 0 unspecified atom stereocenters. The summed E-state index contributed by atoms with van der Waals surface area (Å²) in [5.41, 5.74) is 0. The van der Waals surface area contributed by atoms with Gasteiger partial charge in [-0.3, -0.25) is 4.79 Å². The van der Waals surface area contributed by atoms with Gasteiger partial charge in [0, 0.05) is 22.3 Å². The lowest BCUT2D eigenvalue weighted by atomic mass is 10.2. The van der Waals surface area contributed by atoms with Gasteiger partial charge in [-0.05, 0) is 41.3 Å². The first-order chi connectivity index (χ1) is 8.17. The molecule has 0 saturated carbocycles. The second-order valence-electron chi connectivity index (χ2n) is 3.71. The Morgan fingerprint density at radius 1 is 1.65 bits per heavy atom. The Kier molecular flexibility index (Phi) is 6.23. The summed E-state index contributed by atoms with van der Waals surface area (Å²) in [7, 11) is 0. The van der Waals surface area contributed by atoms with Crippen LogP contribution >= 0.6 is 27.3 Å². The molecule has 0 aliphatic heterocycles. The SMILES string of the molecule is CCCC(=O)NCCCc1cc(Br)c(C#N)s1. The molecule has 5 heteroatoms. The molecule has 1 heterocycles. The Balaban J connectivity index is 2.27. The standard InChI is InChI=1S/C12H15BrN2OS/c1-2-4-12(16)15-6-3-5-9-7-10(13)11(8-14)17-9/h7H,2-6H2,1H3,(H,15,16). The van der Waals surface area contributed by atoms with Crippen LogP contribution in [0, 0.1) is 11.3 Å². The van der Waals surface area contributed by atoms with Crippen molar-refractivity contribution in [2.45, 2.75) is 32.6 Å². The van der Waals surface area contributed by atoms with E-state index in [0.29, 0.717) is 13.0 Å². The van der Waals surface area contributed by atoms with Crippen LogP contribution in [0.2, 0.25) is 0 Å². The van der Waals surface area contributed by atoms with Gasteiger partial charge in [-0.2, -0.15) is 5.26 Å². The summed E-state index contributed by atoms with van der Waals surface area (Å²) in [4.78, 5) is 13.1. The molecule has 3 nitrogen and oxygen atoms in total. The monoisotopic (exact) mass is 314 g/mol. The van der Waals surface area contributed by atoms with Crippen LogP contribution in [0.1, 0.15) is 35.9 Å². The van der Waals surface area contributed by atoms with Gasteiger partial charge in [0.2, 0.25) is 5.91 Å². The fraction of sp³-hybridized carbons (Fsp3) is 0.500. The van der Waals surface area contributed by atoms with Crippen molar-refractivity contribution in [1.29, 1.82) is 5.26 Å².